The maximum Gasteiger partial charge on any atom is 0.0608 e. The van der Waals surface area contributed by atoms with Crippen LogP contribution in [0.5, 0.6) is 0 Å². The maximum atomic E-state index is 10.3. The van der Waals surface area contributed by atoms with Gasteiger partial charge in [-0.2, -0.15) is 0 Å². The van der Waals surface area contributed by atoms with Gasteiger partial charge in [-0.3, -0.25) is 0 Å². The molecule has 4 rings (SSSR count). The van der Waals surface area contributed by atoms with Gasteiger partial charge in [-0.15, -0.1) is 0 Å². The first-order valence-corrected chi connectivity index (χ1v) is 10.1. The monoisotopic (exact) mass is 336 g/mol. The van der Waals surface area contributed by atoms with E-state index in [-0.39, 0.29) is 6.10 Å². The molecule has 4 aliphatic rings. The molecule has 0 saturated heterocycles. The largest absolute Gasteiger partial charge is 0.393 e. The minimum Gasteiger partial charge on any atom is -0.393 e. The van der Waals surface area contributed by atoms with E-state index in [1.165, 1.54) is 38.5 Å². The Morgan fingerprint density at radius 2 is 1.67 bits per heavy atom. The number of methoxy groups -OCH3 is 2. The van der Waals surface area contributed by atoms with Gasteiger partial charge in [0.25, 0.3) is 0 Å². The van der Waals surface area contributed by atoms with Crippen LogP contribution in [0, 0.1) is 34.5 Å². The molecule has 3 nitrogen and oxygen atoms in total. The highest BCUT2D eigenvalue weighted by Gasteiger charge is 2.61. The van der Waals surface area contributed by atoms with Gasteiger partial charge in [0, 0.05) is 14.2 Å². The van der Waals surface area contributed by atoms with E-state index in [0.29, 0.717) is 29.0 Å². The van der Waals surface area contributed by atoms with Crippen molar-refractivity contribution in [2.45, 2.75) is 83.5 Å². The number of hydrogen-bond acceptors (Lipinski definition) is 3. The van der Waals surface area contributed by atoms with E-state index in [1.54, 1.807) is 0 Å². The van der Waals surface area contributed by atoms with Crippen molar-refractivity contribution in [2.75, 3.05) is 14.2 Å². The summed E-state index contributed by atoms with van der Waals surface area (Å²) in [6.45, 7) is 5.05. The molecule has 0 spiro atoms. The highest BCUT2D eigenvalue weighted by molar-refractivity contribution is 5.10. The van der Waals surface area contributed by atoms with Crippen molar-refractivity contribution < 1.29 is 14.6 Å². The molecule has 0 amide bonds. The Morgan fingerprint density at radius 1 is 0.875 bits per heavy atom. The van der Waals surface area contributed by atoms with Crippen LogP contribution in [0.25, 0.3) is 0 Å². The van der Waals surface area contributed by atoms with Gasteiger partial charge in [0.05, 0.1) is 18.3 Å². The van der Waals surface area contributed by atoms with E-state index in [0.717, 1.165) is 30.6 Å². The van der Waals surface area contributed by atoms with Crippen LogP contribution in [0.3, 0.4) is 0 Å². The van der Waals surface area contributed by atoms with E-state index in [1.807, 2.05) is 14.2 Å². The molecule has 4 aliphatic carbocycles. The molecule has 0 heterocycles. The second kappa shape index (κ2) is 5.96. The fourth-order valence-corrected chi connectivity index (χ4v) is 7.68. The van der Waals surface area contributed by atoms with Crippen LogP contribution in [0.1, 0.15) is 65.2 Å². The van der Waals surface area contributed by atoms with Crippen molar-refractivity contribution in [3.05, 3.63) is 0 Å². The van der Waals surface area contributed by atoms with Crippen molar-refractivity contribution in [3.63, 3.8) is 0 Å². The van der Waals surface area contributed by atoms with Crippen LogP contribution in [0.4, 0.5) is 0 Å². The Balaban J connectivity index is 1.65. The first-order valence-electron chi connectivity index (χ1n) is 10.1. The van der Waals surface area contributed by atoms with E-state index in [4.69, 9.17) is 9.47 Å². The van der Waals surface area contributed by atoms with Gasteiger partial charge in [0.15, 0.2) is 0 Å². The lowest BCUT2D eigenvalue weighted by Crippen LogP contribution is -2.58. The van der Waals surface area contributed by atoms with E-state index < -0.39 is 0 Å². The number of aliphatic hydroxyl groups excluding tert-OH is 1. The van der Waals surface area contributed by atoms with Gasteiger partial charge in [-0.25, -0.2) is 0 Å². The molecule has 9 atom stereocenters. The average molecular weight is 337 g/mol. The summed E-state index contributed by atoms with van der Waals surface area (Å²) in [5.41, 5.74) is 0.826. The lowest BCUT2D eigenvalue weighted by atomic mass is 9.44. The first-order chi connectivity index (χ1) is 11.4. The first kappa shape index (κ1) is 17.3. The molecule has 24 heavy (non-hydrogen) atoms. The third-order valence-electron chi connectivity index (χ3n) is 8.99. The molecule has 4 fully saturated rings. The Labute approximate surface area is 147 Å². The number of rotatable bonds is 2. The standard InChI is InChI=1S/C21H36O3/c1-20-7-6-16-15(17(20)10-14(12-20)23-3)11-19(24-4)18-9-13(22)5-8-21(16,18)2/h13-19,22H,5-12H2,1-4H3. The van der Waals surface area contributed by atoms with E-state index in [9.17, 15) is 5.11 Å². The summed E-state index contributed by atoms with van der Waals surface area (Å²) in [7, 11) is 3.78. The summed E-state index contributed by atoms with van der Waals surface area (Å²) in [4.78, 5) is 0. The minimum atomic E-state index is -0.115. The third kappa shape index (κ3) is 2.41. The molecule has 0 aromatic rings. The summed E-state index contributed by atoms with van der Waals surface area (Å²) >= 11 is 0. The molecule has 0 aliphatic heterocycles. The van der Waals surface area contributed by atoms with Crippen LogP contribution < -0.4 is 0 Å². The van der Waals surface area contributed by atoms with E-state index in [2.05, 4.69) is 13.8 Å². The van der Waals surface area contributed by atoms with Gasteiger partial charge in [-0.05, 0) is 85.9 Å². The molecule has 9 unspecified atom stereocenters. The SMILES string of the molecule is COC1CC2C3CC(OC)C4CC(O)CCC4(C)C3CCC2(C)C1. The van der Waals surface area contributed by atoms with Gasteiger partial charge in [-0.1, -0.05) is 13.8 Å². The molecule has 1 N–H and O–H groups in total. The zero-order valence-electron chi connectivity index (χ0n) is 16.0. The molecule has 3 heteroatoms. The van der Waals surface area contributed by atoms with Gasteiger partial charge < -0.3 is 14.6 Å². The molecular formula is C21H36O3. The zero-order valence-corrected chi connectivity index (χ0v) is 16.0. The Bertz CT molecular complexity index is 480. The minimum absolute atomic E-state index is 0.115. The quantitative estimate of drug-likeness (QED) is 0.827. The fourth-order valence-electron chi connectivity index (χ4n) is 7.68. The van der Waals surface area contributed by atoms with Crippen molar-refractivity contribution in [1.82, 2.24) is 0 Å². The van der Waals surface area contributed by atoms with Crippen molar-refractivity contribution >= 4 is 0 Å². The van der Waals surface area contributed by atoms with Crippen molar-refractivity contribution in [2.24, 2.45) is 34.5 Å². The van der Waals surface area contributed by atoms with Gasteiger partial charge >= 0.3 is 0 Å². The van der Waals surface area contributed by atoms with E-state index >= 15 is 0 Å². The summed E-state index contributed by atoms with van der Waals surface area (Å²) in [6.07, 6.45) is 10.2. The zero-order chi connectivity index (χ0) is 17.1. The van der Waals surface area contributed by atoms with Crippen molar-refractivity contribution in [3.8, 4) is 0 Å². The van der Waals surface area contributed by atoms with Crippen LogP contribution in [0.15, 0.2) is 0 Å². The summed E-state index contributed by atoms with van der Waals surface area (Å²) < 4.78 is 11.8. The average Bonchev–Trinajstić information content (AvgIpc) is 2.92. The second-order valence-corrected chi connectivity index (χ2v) is 9.92. The molecule has 0 aromatic heterocycles. The predicted molar refractivity (Wildman–Crippen MR) is 94.7 cm³/mol. The molecule has 0 aromatic carbocycles. The Morgan fingerprint density at radius 3 is 2.38 bits per heavy atom. The predicted octanol–water partition coefficient (Wildman–Crippen LogP) is 4.03. The number of aliphatic hydroxyl groups is 1. The van der Waals surface area contributed by atoms with Crippen LogP contribution in [0.2, 0.25) is 0 Å². The topological polar surface area (TPSA) is 38.7 Å². The smallest absolute Gasteiger partial charge is 0.0608 e. The van der Waals surface area contributed by atoms with Crippen molar-refractivity contribution in [1.29, 1.82) is 0 Å². The van der Waals surface area contributed by atoms with Crippen LogP contribution in [-0.2, 0) is 9.47 Å². The lowest BCUT2D eigenvalue weighted by Gasteiger charge is -2.62. The normalized spacial score (nSPS) is 57.1. The molecule has 0 radical (unpaired) electrons. The fraction of sp³-hybridized carbons (Fsp3) is 1.00. The number of hydrogen-bond donors (Lipinski definition) is 1. The van der Waals surface area contributed by atoms with Gasteiger partial charge in [0.1, 0.15) is 0 Å². The molecule has 138 valence electrons. The number of fused-ring (bicyclic) bond motifs is 5. The number of ether oxygens (including phenoxy) is 2. The lowest BCUT2D eigenvalue weighted by molar-refractivity contribution is -0.175. The molecule has 0 bridgehead atoms. The Hall–Kier alpha value is -0.120. The third-order valence-corrected chi connectivity index (χ3v) is 8.99. The highest BCUT2D eigenvalue weighted by Crippen LogP contribution is 2.66. The Kier molecular flexibility index (Phi) is 4.29. The van der Waals surface area contributed by atoms with Crippen LogP contribution >= 0.6 is 0 Å². The summed E-state index contributed by atoms with van der Waals surface area (Å²) in [6, 6.07) is 0. The second-order valence-electron chi connectivity index (χ2n) is 9.92. The maximum absolute atomic E-state index is 10.3. The highest BCUT2D eigenvalue weighted by atomic mass is 16.5. The van der Waals surface area contributed by atoms with Gasteiger partial charge in [0.2, 0.25) is 0 Å². The molecular weight excluding hydrogens is 300 g/mol. The summed E-state index contributed by atoms with van der Waals surface area (Å²) in [5.74, 6) is 2.93. The molecule has 4 saturated carbocycles. The van der Waals surface area contributed by atoms with Crippen LogP contribution in [-0.4, -0.2) is 37.6 Å². The summed E-state index contributed by atoms with van der Waals surface area (Å²) in [5, 5.41) is 10.3.